The third kappa shape index (κ3) is 4.45. The molecule has 0 aliphatic rings. The minimum atomic E-state index is -0.563. The number of benzene rings is 2. The van der Waals surface area contributed by atoms with Gasteiger partial charge in [-0.25, -0.2) is 14.2 Å². The lowest BCUT2D eigenvalue weighted by molar-refractivity contribution is 0.189. The molecule has 1 atom stereocenters. The number of amides is 2. The van der Waals surface area contributed by atoms with E-state index in [0.717, 1.165) is 16.0 Å². The summed E-state index contributed by atoms with van der Waals surface area (Å²) in [6, 6.07) is 10.4. The summed E-state index contributed by atoms with van der Waals surface area (Å²) in [4.78, 5) is 34.1. The maximum Gasteiger partial charge on any atom is 0.322 e. The lowest BCUT2D eigenvalue weighted by Gasteiger charge is -2.29. The first-order valence-corrected chi connectivity index (χ1v) is 10.7. The highest BCUT2D eigenvalue weighted by atomic mass is 35.5. The molecule has 31 heavy (non-hydrogen) atoms. The number of fused-ring (bicyclic) bond motifs is 1. The molecule has 1 unspecified atom stereocenters. The predicted octanol–water partition coefficient (Wildman–Crippen LogP) is 5.57. The van der Waals surface area contributed by atoms with Crippen molar-refractivity contribution in [3.8, 4) is 0 Å². The van der Waals surface area contributed by atoms with Crippen LogP contribution in [0.2, 0.25) is 5.02 Å². The molecule has 0 radical (unpaired) electrons. The molecule has 6 nitrogen and oxygen atoms in total. The molecule has 9 heteroatoms. The Kier molecular flexibility index (Phi) is 6.01. The minimum Gasteiger partial charge on any atom is -0.328 e. The highest BCUT2D eigenvalue weighted by molar-refractivity contribution is 7.09. The van der Waals surface area contributed by atoms with Crippen LogP contribution in [-0.4, -0.2) is 20.9 Å². The number of aromatic nitrogens is 2. The highest BCUT2D eigenvalue weighted by Crippen LogP contribution is 2.29. The number of rotatable bonds is 5. The quantitative estimate of drug-likeness (QED) is 0.412. The van der Waals surface area contributed by atoms with Crippen LogP contribution in [0.5, 0.6) is 0 Å². The Balaban J connectivity index is 1.71. The Morgan fingerprint density at radius 1 is 1.29 bits per heavy atom. The summed E-state index contributed by atoms with van der Waals surface area (Å²) in [6.45, 7) is 2.14. The number of urea groups is 1. The fourth-order valence-electron chi connectivity index (χ4n) is 3.38. The summed E-state index contributed by atoms with van der Waals surface area (Å²) >= 11 is 7.29. The van der Waals surface area contributed by atoms with Gasteiger partial charge < -0.3 is 15.2 Å². The number of aromatic amines is 1. The number of hydrogen-bond acceptors (Lipinski definition) is 4. The van der Waals surface area contributed by atoms with E-state index in [-0.39, 0.29) is 17.1 Å². The van der Waals surface area contributed by atoms with E-state index < -0.39 is 17.9 Å². The van der Waals surface area contributed by atoms with E-state index in [9.17, 15) is 14.0 Å². The number of carbonyl (C=O) groups is 1. The molecule has 2 N–H and O–H groups in total. The topological polar surface area (TPSA) is 78.1 Å². The zero-order valence-electron chi connectivity index (χ0n) is 16.4. The van der Waals surface area contributed by atoms with Crippen molar-refractivity contribution in [3.05, 3.63) is 92.0 Å². The Bertz CT molecular complexity index is 1290. The van der Waals surface area contributed by atoms with Gasteiger partial charge in [0.1, 0.15) is 10.8 Å². The van der Waals surface area contributed by atoms with Crippen molar-refractivity contribution < 1.29 is 9.18 Å². The summed E-state index contributed by atoms with van der Waals surface area (Å²) in [6.07, 6.45) is 3.31. The molecule has 0 fully saturated rings. The largest absolute Gasteiger partial charge is 0.328 e. The molecule has 0 saturated carbocycles. The van der Waals surface area contributed by atoms with Gasteiger partial charge in [-0.2, -0.15) is 0 Å². The summed E-state index contributed by atoms with van der Waals surface area (Å²) in [5.41, 5.74) is 0.974. The molecule has 4 aromatic rings. The molecular weight excluding hydrogens is 439 g/mol. The van der Waals surface area contributed by atoms with Crippen LogP contribution >= 0.6 is 22.9 Å². The lowest BCUT2D eigenvalue weighted by Crippen LogP contribution is -2.37. The van der Waals surface area contributed by atoms with Crippen molar-refractivity contribution in [2.45, 2.75) is 19.5 Å². The first-order chi connectivity index (χ1) is 14.9. The Morgan fingerprint density at radius 3 is 2.77 bits per heavy atom. The van der Waals surface area contributed by atoms with Gasteiger partial charge in [-0.1, -0.05) is 29.8 Å². The normalized spacial score (nSPS) is 12.0. The molecule has 2 amide bonds. The second kappa shape index (κ2) is 8.87. The Labute approximate surface area is 186 Å². The number of H-pyrrole nitrogens is 1. The SMILES string of the molecule is CC(c1c[nH]c(=O)c2ccccc12)N(Cc1nccs1)C(=O)Nc1ccc(F)c(Cl)c1. The van der Waals surface area contributed by atoms with E-state index >= 15 is 0 Å². The average molecular weight is 457 g/mol. The second-order valence-electron chi connectivity index (χ2n) is 6.91. The minimum absolute atomic E-state index is 0.0797. The molecule has 0 bridgehead atoms. The second-order valence-corrected chi connectivity index (χ2v) is 8.29. The van der Waals surface area contributed by atoms with Gasteiger partial charge in [0.15, 0.2) is 0 Å². The van der Waals surface area contributed by atoms with E-state index in [1.54, 1.807) is 29.4 Å². The van der Waals surface area contributed by atoms with Gasteiger partial charge >= 0.3 is 6.03 Å². The third-order valence-electron chi connectivity index (χ3n) is 4.98. The van der Waals surface area contributed by atoms with E-state index in [4.69, 9.17) is 11.6 Å². The van der Waals surface area contributed by atoms with Crippen molar-refractivity contribution >= 4 is 45.4 Å². The van der Waals surface area contributed by atoms with Crippen LogP contribution in [0.15, 0.2) is 65.0 Å². The van der Waals surface area contributed by atoms with Gasteiger partial charge in [-0.3, -0.25) is 4.79 Å². The predicted molar refractivity (Wildman–Crippen MR) is 121 cm³/mol. The fourth-order valence-corrected chi connectivity index (χ4v) is 4.17. The van der Waals surface area contributed by atoms with Crippen LogP contribution in [0, 0.1) is 5.82 Å². The Morgan fingerprint density at radius 2 is 2.06 bits per heavy atom. The van der Waals surface area contributed by atoms with Crippen molar-refractivity contribution in [1.82, 2.24) is 14.9 Å². The Hall–Kier alpha value is -3.23. The first kappa shape index (κ1) is 21.0. The van der Waals surface area contributed by atoms with Gasteiger partial charge in [-0.15, -0.1) is 11.3 Å². The summed E-state index contributed by atoms with van der Waals surface area (Å²) in [7, 11) is 0. The maximum atomic E-state index is 13.5. The number of carbonyl (C=O) groups excluding carboxylic acids is 1. The molecule has 158 valence electrons. The molecular formula is C22H18ClFN4O2S. The van der Waals surface area contributed by atoms with Crippen molar-refractivity contribution in [1.29, 1.82) is 0 Å². The van der Waals surface area contributed by atoms with Crippen molar-refractivity contribution in [3.63, 3.8) is 0 Å². The van der Waals surface area contributed by atoms with E-state index in [1.807, 2.05) is 24.4 Å². The van der Waals surface area contributed by atoms with Crippen LogP contribution in [-0.2, 0) is 6.54 Å². The highest BCUT2D eigenvalue weighted by Gasteiger charge is 2.25. The zero-order valence-corrected chi connectivity index (χ0v) is 18.0. The lowest BCUT2D eigenvalue weighted by atomic mass is 10.0. The molecule has 2 heterocycles. The van der Waals surface area contributed by atoms with Crippen molar-refractivity contribution in [2.75, 3.05) is 5.32 Å². The molecule has 2 aromatic carbocycles. The fraction of sp³-hybridized carbons (Fsp3) is 0.136. The first-order valence-electron chi connectivity index (χ1n) is 9.45. The number of anilines is 1. The van der Waals surface area contributed by atoms with E-state index in [2.05, 4.69) is 15.3 Å². The molecule has 4 rings (SSSR count). The van der Waals surface area contributed by atoms with Gasteiger partial charge in [0.25, 0.3) is 5.56 Å². The number of thiazole rings is 1. The van der Waals surface area contributed by atoms with E-state index in [0.29, 0.717) is 11.1 Å². The molecule has 0 aliphatic heterocycles. The summed E-state index contributed by atoms with van der Waals surface area (Å²) in [5.74, 6) is -0.563. The van der Waals surface area contributed by atoms with Crippen LogP contribution in [0.1, 0.15) is 23.5 Å². The smallest absolute Gasteiger partial charge is 0.322 e. The van der Waals surface area contributed by atoms with Gasteiger partial charge in [0.05, 0.1) is 17.6 Å². The van der Waals surface area contributed by atoms with Crippen LogP contribution in [0.25, 0.3) is 10.8 Å². The van der Waals surface area contributed by atoms with E-state index in [1.165, 1.54) is 29.5 Å². The maximum absolute atomic E-state index is 13.5. The standard InChI is InChI=1S/C22H18ClFN4O2S/c1-13(17-11-26-21(29)16-5-3-2-4-15(16)17)28(12-20-25-8-9-31-20)22(30)27-14-6-7-19(24)18(23)10-14/h2-11,13H,12H2,1H3,(H,26,29)(H,27,30). The summed E-state index contributed by atoms with van der Waals surface area (Å²) in [5, 5.41) is 6.60. The number of nitrogens with one attached hydrogen (secondary N) is 2. The average Bonchev–Trinajstić information content (AvgIpc) is 3.28. The molecule has 2 aromatic heterocycles. The van der Waals surface area contributed by atoms with Crippen LogP contribution in [0.3, 0.4) is 0 Å². The summed E-state index contributed by atoms with van der Waals surface area (Å²) < 4.78 is 13.5. The molecule has 0 spiro atoms. The number of pyridine rings is 1. The van der Waals surface area contributed by atoms with Crippen LogP contribution < -0.4 is 10.9 Å². The monoisotopic (exact) mass is 456 g/mol. The van der Waals surface area contributed by atoms with Gasteiger partial charge in [0, 0.05) is 28.8 Å². The number of nitrogens with zero attached hydrogens (tertiary/aromatic N) is 2. The zero-order chi connectivity index (χ0) is 22.0. The van der Waals surface area contributed by atoms with Crippen molar-refractivity contribution in [2.24, 2.45) is 0 Å². The molecule has 0 saturated heterocycles. The van der Waals surface area contributed by atoms with Gasteiger partial charge in [0.2, 0.25) is 0 Å². The number of hydrogen-bond donors (Lipinski definition) is 2. The third-order valence-corrected chi connectivity index (χ3v) is 6.03. The number of halogens is 2. The van der Waals surface area contributed by atoms with Crippen LogP contribution in [0.4, 0.5) is 14.9 Å². The molecule has 0 aliphatic carbocycles. The van der Waals surface area contributed by atoms with Gasteiger partial charge in [-0.05, 0) is 42.1 Å².